The first-order chi connectivity index (χ1) is 10.6. The van der Waals surface area contributed by atoms with Crippen molar-refractivity contribution >= 4 is 46.4 Å². The molecule has 0 spiro atoms. The van der Waals surface area contributed by atoms with Crippen LogP contribution in [0.15, 0.2) is 0 Å². The Hall–Kier alpha value is -0.800. The zero-order valence-electron chi connectivity index (χ0n) is 13.1. The summed E-state index contributed by atoms with van der Waals surface area (Å²) in [6, 6.07) is 0. The third-order valence-corrected chi connectivity index (χ3v) is 6.28. The summed E-state index contributed by atoms with van der Waals surface area (Å²) in [7, 11) is 0. The lowest BCUT2D eigenvalue weighted by Gasteiger charge is -2.18. The second kappa shape index (κ2) is 6.60. The molecular weight excluding hydrogens is 378 g/mol. The summed E-state index contributed by atoms with van der Waals surface area (Å²) in [5, 5.41) is 22.2. The van der Waals surface area contributed by atoms with Crippen molar-refractivity contribution in [3.05, 3.63) is 53.5 Å². The van der Waals surface area contributed by atoms with Gasteiger partial charge in [-0.25, -0.2) is 0 Å². The van der Waals surface area contributed by atoms with E-state index in [4.69, 9.17) is 46.4 Å². The Balaban J connectivity index is 2.71. The van der Waals surface area contributed by atoms with Crippen molar-refractivity contribution in [3.8, 4) is 11.5 Å². The number of aromatic hydroxyl groups is 2. The van der Waals surface area contributed by atoms with Crippen LogP contribution in [0.2, 0.25) is 20.1 Å². The molecule has 2 aromatic rings. The summed E-state index contributed by atoms with van der Waals surface area (Å²) in [6.07, 6.45) is 0.217. The summed E-state index contributed by atoms with van der Waals surface area (Å²) >= 11 is 24.9. The minimum atomic E-state index is -0.0438. The molecule has 0 aliphatic heterocycles. The Morgan fingerprint density at radius 2 is 0.870 bits per heavy atom. The van der Waals surface area contributed by atoms with Crippen LogP contribution in [0.5, 0.6) is 11.5 Å². The van der Waals surface area contributed by atoms with Crippen molar-refractivity contribution in [2.75, 3.05) is 0 Å². The van der Waals surface area contributed by atoms with Gasteiger partial charge in [-0.1, -0.05) is 46.4 Å². The van der Waals surface area contributed by atoms with Crippen molar-refractivity contribution in [2.45, 2.75) is 34.1 Å². The normalized spacial score (nSPS) is 11.1. The molecule has 0 aliphatic rings. The van der Waals surface area contributed by atoms with Gasteiger partial charge < -0.3 is 10.2 Å². The second-order valence-corrected chi connectivity index (χ2v) is 7.10. The molecule has 0 fully saturated rings. The molecule has 0 saturated carbocycles. The highest BCUT2D eigenvalue weighted by Gasteiger charge is 2.22. The fraction of sp³-hybridized carbons (Fsp3) is 0.294. The molecule has 0 heterocycles. The minimum absolute atomic E-state index is 0.0438. The van der Waals surface area contributed by atoms with E-state index >= 15 is 0 Å². The molecule has 0 aromatic heterocycles. The van der Waals surface area contributed by atoms with E-state index in [2.05, 4.69) is 0 Å². The van der Waals surface area contributed by atoms with Gasteiger partial charge in [0.2, 0.25) is 0 Å². The average molecular weight is 394 g/mol. The molecule has 2 nitrogen and oxygen atoms in total. The third kappa shape index (κ3) is 2.98. The van der Waals surface area contributed by atoms with E-state index < -0.39 is 0 Å². The van der Waals surface area contributed by atoms with E-state index in [1.54, 1.807) is 27.7 Å². The number of benzene rings is 2. The predicted molar refractivity (Wildman–Crippen MR) is 98.0 cm³/mol. The lowest BCUT2D eigenvalue weighted by molar-refractivity contribution is 0.462. The molecule has 6 heteroatoms. The molecule has 2 N–H and O–H groups in total. The molecule has 2 rings (SSSR count). The van der Waals surface area contributed by atoms with E-state index in [9.17, 15) is 10.2 Å². The number of phenols is 2. The smallest absolute Gasteiger partial charge is 0.138 e. The van der Waals surface area contributed by atoms with Crippen LogP contribution >= 0.6 is 46.4 Å². The first-order valence-electron chi connectivity index (χ1n) is 6.91. The van der Waals surface area contributed by atoms with Crippen LogP contribution in [0.4, 0.5) is 0 Å². The summed E-state index contributed by atoms with van der Waals surface area (Å²) in [5.41, 5.74) is 3.73. The van der Waals surface area contributed by atoms with Crippen LogP contribution in [-0.2, 0) is 6.42 Å². The van der Waals surface area contributed by atoms with Gasteiger partial charge in [0.05, 0.1) is 10.0 Å². The van der Waals surface area contributed by atoms with Crippen molar-refractivity contribution in [3.63, 3.8) is 0 Å². The Kier molecular flexibility index (Phi) is 5.32. The zero-order valence-corrected chi connectivity index (χ0v) is 16.1. The molecule has 0 unspecified atom stereocenters. The van der Waals surface area contributed by atoms with Gasteiger partial charge in [-0.3, -0.25) is 0 Å². The fourth-order valence-electron chi connectivity index (χ4n) is 2.60. The quantitative estimate of drug-likeness (QED) is 0.608. The van der Waals surface area contributed by atoms with Crippen molar-refractivity contribution in [2.24, 2.45) is 0 Å². The zero-order chi connectivity index (χ0) is 17.6. The highest BCUT2D eigenvalue weighted by molar-refractivity contribution is 6.38. The molecule has 0 amide bonds. The number of hydrogen-bond donors (Lipinski definition) is 2. The number of hydrogen-bond acceptors (Lipinski definition) is 2. The highest BCUT2D eigenvalue weighted by atomic mass is 35.5. The van der Waals surface area contributed by atoms with Gasteiger partial charge >= 0.3 is 0 Å². The molecule has 0 bridgehead atoms. The lowest BCUT2D eigenvalue weighted by Crippen LogP contribution is -2.01. The maximum Gasteiger partial charge on any atom is 0.138 e. The highest BCUT2D eigenvalue weighted by Crippen LogP contribution is 2.44. The molecule has 2 aromatic carbocycles. The largest absolute Gasteiger partial charge is 0.506 e. The summed E-state index contributed by atoms with van der Waals surface area (Å²) < 4.78 is 0. The SMILES string of the molecule is Cc1c(Cl)c(C)c(Cc2c(C)c(Cl)c(C)c(Cl)c2O)c(O)c1Cl. The fourth-order valence-corrected chi connectivity index (χ4v) is 3.54. The molecular formula is C17H16Cl4O2. The number of rotatable bonds is 2. The van der Waals surface area contributed by atoms with Crippen molar-refractivity contribution in [1.82, 2.24) is 0 Å². The van der Waals surface area contributed by atoms with Gasteiger partial charge in [0.15, 0.2) is 0 Å². The maximum absolute atomic E-state index is 10.4. The van der Waals surface area contributed by atoms with Crippen LogP contribution < -0.4 is 0 Å². The van der Waals surface area contributed by atoms with Crippen LogP contribution in [0.3, 0.4) is 0 Å². The summed E-state index contributed by atoms with van der Waals surface area (Å²) in [6.45, 7) is 7.07. The molecule has 0 radical (unpaired) electrons. The molecule has 0 atom stereocenters. The van der Waals surface area contributed by atoms with Crippen LogP contribution in [0.25, 0.3) is 0 Å². The number of phenolic OH excluding ortho intramolecular Hbond substituents is 2. The van der Waals surface area contributed by atoms with Gasteiger partial charge in [-0.2, -0.15) is 0 Å². The third-order valence-electron chi connectivity index (χ3n) is 4.22. The Bertz CT molecular complexity index is 688. The van der Waals surface area contributed by atoms with Crippen LogP contribution in [0, 0.1) is 27.7 Å². The van der Waals surface area contributed by atoms with E-state index in [1.807, 2.05) is 0 Å². The van der Waals surface area contributed by atoms with E-state index in [-0.39, 0.29) is 28.0 Å². The van der Waals surface area contributed by atoms with E-state index in [0.717, 1.165) is 0 Å². The number of halogens is 4. The first kappa shape index (κ1) is 18.5. The van der Waals surface area contributed by atoms with E-state index in [0.29, 0.717) is 43.4 Å². The lowest BCUT2D eigenvalue weighted by atomic mass is 9.93. The molecule has 0 aliphatic carbocycles. The first-order valence-corrected chi connectivity index (χ1v) is 8.42. The predicted octanol–water partition coefficient (Wildman–Crippen LogP) is 6.54. The Morgan fingerprint density at radius 3 is 1.17 bits per heavy atom. The van der Waals surface area contributed by atoms with Crippen molar-refractivity contribution in [1.29, 1.82) is 0 Å². The molecule has 0 saturated heterocycles. The minimum Gasteiger partial charge on any atom is -0.506 e. The molecule has 124 valence electrons. The maximum atomic E-state index is 10.4. The molecule has 23 heavy (non-hydrogen) atoms. The van der Waals surface area contributed by atoms with E-state index in [1.165, 1.54) is 0 Å². The monoisotopic (exact) mass is 392 g/mol. The second-order valence-electron chi connectivity index (χ2n) is 5.59. The van der Waals surface area contributed by atoms with Crippen LogP contribution in [0.1, 0.15) is 33.4 Å². The summed E-state index contributed by atoms with van der Waals surface area (Å²) in [4.78, 5) is 0. The standard InChI is InChI=1S/C17H16Cl4O2/c1-6-10(16(22)14(20)8(3)12(6)18)5-11-7(2)13(19)9(4)15(21)17(11)23/h22-23H,5H2,1-4H3. The van der Waals surface area contributed by atoms with Gasteiger partial charge in [0.1, 0.15) is 11.5 Å². The average Bonchev–Trinajstić information content (AvgIpc) is 2.54. The van der Waals surface area contributed by atoms with Gasteiger partial charge in [-0.15, -0.1) is 0 Å². The van der Waals surface area contributed by atoms with Gasteiger partial charge in [0, 0.05) is 27.6 Å². The topological polar surface area (TPSA) is 40.5 Å². The van der Waals surface area contributed by atoms with Gasteiger partial charge in [-0.05, 0) is 49.9 Å². The van der Waals surface area contributed by atoms with Crippen LogP contribution in [-0.4, -0.2) is 10.2 Å². The van der Waals surface area contributed by atoms with Gasteiger partial charge in [0.25, 0.3) is 0 Å². The summed E-state index contributed by atoms with van der Waals surface area (Å²) in [5.74, 6) is -0.0876. The van der Waals surface area contributed by atoms with Crippen molar-refractivity contribution < 1.29 is 10.2 Å². The Morgan fingerprint density at radius 1 is 0.565 bits per heavy atom. The Labute approximate surface area is 155 Å².